The molecule has 0 bridgehead atoms. The van der Waals surface area contributed by atoms with E-state index in [0.29, 0.717) is 11.3 Å². The van der Waals surface area contributed by atoms with E-state index in [1.165, 1.54) is 12.1 Å². The molecule has 0 saturated carbocycles. The van der Waals surface area contributed by atoms with Crippen LogP contribution in [0, 0.1) is 0 Å². The molecule has 0 atom stereocenters. The smallest absolute Gasteiger partial charge is 0.406 e. The van der Waals surface area contributed by atoms with E-state index in [1.54, 1.807) is 24.3 Å². The third kappa shape index (κ3) is 8.62. The Labute approximate surface area is 171 Å². The second-order valence-electron chi connectivity index (χ2n) is 5.09. The van der Waals surface area contributed by atoms with E-state index in [0.717, 1.165) is 12.1 Å². The topological polar surface area (TPSA) is 88.7 Å². The van der Waals surface area contributed by atoms with Crippen LogP contribution >= 0.6 is 24.0 Å². The first-order valence-corrected chi connectivity index (χ1v) is 7.59. The first-order chi connectivity index (χ1) is 12.3. The number of carbonyl (C=O) groups is 1. The van der Waals surface area contributed by atoms with Crippen molar-refractivity contribution in [2.24, 2.45) is 10.7 Å². The van der Waals surface area contributed by atoms with Gasteiger partial charge < -0.3 is 21.1 Å². The van der Waals surface area contributed by atoms with Gasteiger partial charge in [-0.05, 0) is 36.4 Å². The molecule has 1 amide bonds. The number of nitrogens with zero attached hydrogens (tertiary/aromatic N) is 1. The molecule has 0 saturated heterocycles. The monoisotopic (exact) mass is 494 g/mol. The van der Waals surface area contributed by atoms with E-state index in [9.17, 15) is 18.0 Å². The minimum atomic E-state index is -4.74. The van der Waals surface area contributed by atoms with Crippen molar-refractivity contribution in [3.63, 3.8) is 0 Å². The number of aliphatic imine (C=N–C) groups is 1. The van der Waals surface area contributed by atoms with Crippen molar-refractivity contribution < 1.29 is 22.7 Å². The normalized spacial score (nSPS) is 11.3. The lowest BCUT2D eigenvalue weighted by atomic mass is 10.2. The molecular weight excluding hydrogens is 476 g/mol. The van der Waals surface area contributed by atoms with Gasteiger partial charge in [0.25, 0.3) is 5.91 Å². The van der Waals surface area contributed by atoms with Gasteiger partial charge in [0.05, 0.1) is 6.54 Å². The number of carbonyl (C=O) groups excluding carboxylic acids is 1. The number of ether oxygens (including phenoxy) is 1. The largest absolute Gasteiger partial charge is 0.573 e. The number of halogens is 4. The molecular formula is C17H18F3IN4O2. The molecule has 6 nitrogen and oxygen atoms in total. The Kier molecular flexibility index (Phi) is 8.85. The lowest BCUT2D eigenvalue weighted by Crippen LogP contribution is -2.28. The molecule has 0 heterocycles. The average Bonchev–Trinajstić information content (AvgIpc) is 2.60. The molecule has 27 heavy (non-hydrogen) atoms. The number of rotatable bonds is 6. The van der Waals surface area contributed by atoms with Gasteiger partial charge >= 0.3 is 6.36 Å². The zero-order valence-corrected chi connectivity index (χ0v) is 16.3. The Morgan fingerprint density at radius 1 is 1.07 bits per heavy atom. The first kappa shape index (κ1) is 22.5. The molecule has 2 rings (SSSR count). The third-order valence-corrected chi connectivity index (χ3v) is 3.08. The second-order valence-corrected chi connectivity index (χ2v) is 5.09. The highest BCUT2D eigenvalue weighted by molar-refractivity contribution is 14.0. The molecule has 146 valence electrons. The summed E-state index contributed by atoms with van der Waals surface area (Å²) in [5.74, 6) is -0.474. The fraction of sp³-hybridized carbons (Fsp3) is 0.176. The number of guanidine groups is 1. The number of alkyl halides is 3. The molecule has 0 unspecified atom stereocenters. The highest BCUT2D eigenvalue weighted by Crippen LogP contribution is 2.23. The molecule has 0 aliphatic rings. The quantitative estimate of drug-likeness (QED) is 0.249. The van der Waals surface area contributed by atoms with Crippen LogP contribution in [0.25, 0.3) is 0 Å². The lowest BCUT2D eigenvalue weighted by molar-refractivity contribution is -0.274. The Morgan fingerprint density at radius 3 is 2.30 bits per heavy atom. The van der Waals surface area contributed by atoms with E-state index in [4.69, 9.17) is 5.73 Å². The van der Waals surface area contributed by atoms with Crippen LogP contribution in [0.15, 0.2) is 59.6 Å². The van der Waals surface area contributed by atoms with Crippen LogP contribution in [0.4, 0.5) is 18.9 Å². The Hall–Kier alpha value is -2.50. The number of nitrogens with one attached hydrogen (secondary N) is 2. The molecule has 0 radical (unpaired) electrons. The van der Waals surface area contributed by atoms with E-state index >= 15 is 0 Å². The van der Waals surface area contributed by atoms with Gasteiger partial charge in [0.1, 0.15) is 5.75 Å². The fourth-order valence-corrected chi connectivity index (χ4v) is 1.96. The van der Waals surface area contributed by atoms with E-state index in [-0.39, 0.29) is 54.7 Å². The maximum Gasteiger partial charge on any atom is 0.573 e. The molecule has 2 aromatic rings. The van der Waals surface area contributed by atoms with Crippen molar-refractivity contribution in [3.8, 4) is 5.75 Å². The summed E-state index contributed by atoms with van der Waals surface area (Å²) in [5, 5.41) is 5.42. The molecule has 0 aliphatic heterocycles. The van der Waals surface area contributed by atoms with Crippen LogP contribution in [0.5, 0.6) is 5.75 Å². The predicted octanol–water partition coefficient (Wildman–Crippen LogP) is 3.36. The maximum absolute atomic E-state index is 12.1. The van der Waals surface area contributed by atoms with Crippen molar-refractivity contribution in [2.75, 3.05) is 18.4 Å². The van der Waals surface area contributed by atoms with Gasteiger partial charge in [-0.1, -0.05) is 18.2 Å². The number of benzene rings is 2. The maximum atomic E-state index is 12.1. The summed E-state index contributed by atoms with van der Waals surface area (Å²) in [6.45, 7) is 0.529. The highest BCUT2D eigenvalue weighted by atomic mass is 127. The Bertz CT molecular complexity index is 753. The molecule has 2 aromatic carbocycles. The SMILES string of the molecule is I.NC(=NCCNC(=O)c1ccccc1)Nc1ccc(OC(F)(F)F)cc1. The van der Waals surface area contributed by atoms with Crippen LogP contribution in [-0.2, 0) is 0 Å². The van der Waals surface area contributed by atoms with Gasteiger partial charge in [-0.25, -0.2) is 0 Å². The van der Waals surface area contributed by atoms with Gasteiger partial charge in [-0.2, -0.15) is 0 Å². The third-order valence-electron chi connectivity index (χ3n) is 3.08. The van der Waals surface area contributed by atoms with Gasteiger partial charge in [-0.3, -0.25) is 9.79 Å². The van der Waals surface area contributed by atoms with Crippen molar-refractivity contribution in [1.29, 1.82) is 0 Å². The summed E-state index contributed by atoms with van der Waals surface area (Å²) in [6.07, 6.45) is -4.74. The summed E-state index contributed by atoms with van der Waals surface area (Å²) in [6, 6.07) is 13.8. The van der Waals surface area contributed by atoms with Crippen LogP contribution < -0.4 is 21.1 Å². The van der Waals surface area contributed by atoms with Crippen LogP contribution in [-0.4, -0.2) is 31.3 Å². The number of nitrogens with two attached hydrogens (primary N) is 1. The highest BCUT2D eigenvalue weighted by Gasteiger charge is 2.30. The summed E-state index contributed by atoms with van der Waals surface area (Å²) < 4.78 is 40.0. The number of hydrogen-bond acceptors (Lipinski definition) is 3. The van der Waals surface area contributed by atoms with Crippen molar-refractivity contribution in [3.05, 3.63) is 60.2 Å². The molecule has 0 aromatic heterocycles. The van der Waals surface area contributed by atoms with Gasteiger partial charge in [0, 0.05) is 17.8 Å². The summed E-state index contributed by atoms with van der Waals surface area (Å²) in [4.78, 5) is 15.8. The molecule has 0 fully saturated rings. The Balaban J connectivity index is 0.00000364. The average molecular weight is 494 g/mol. The van der Waals surface area contributed by atoms with Crippen LogP contribution in [0.1, 0.15) is 10.4 Å². The minimum absolute atomic E-state index is 0. The number of anilines is 1. The van der Waals surface area contributed by atoms with Gasteiger partial charge in [0.15, 0.2) is 5.96 Å². The first-order valence-electron chi connectivity index (χ1n) is 7.59. The van der Waals surface area contributed by atoms with Crippen molar-refractivity contribution >= 4 is 41.5 Å². The van der Waals surface area contributed by atoms with Gasteiger partial charge in [-0.15, -0.1) is 37.1 Å². The molecule has 0 spiro atoms. The Morgan fingerprint density at radius 2 is 1.70 bits per heavy atom. The summed E-state index contributed by atoms with van der Waals surface area (Å²) in [5.41, 5.74) is 6.69. The number of amides is 1. The zero-order valence-electron chi connectivity index (χ0n) is 14.0. The van der Waals surface area contributed by atoms with Crippen molar-refractivity contribution in [2.45, 2.75) is 6.36 Å². The minimum Gasteiger partial charge on any atom is -0.406 e. The predicted molar refractivity (Wildman–Crippen MR) is 107 cm³/mol. The van der Waals surface area contributed by atoms with E-state index < -0.39 is 6.36 Å². The van der Waals surface area contributed by atoms with Crippen molar-refractivity contribution in [1.82, 2.24) is 5.32 Å². The van der Waals surface area contributed by atoms with E-state index in [1.807, 2.05) is 6.07 Å². The van der Waals surface area contributed by atoms with Gasteiger partial charge in [0.2, 0.25) is 0 Å². The second kappa shape index (κ2) is 10.6. The molecule has 0 aliphatic carbocycles. The summed E-state index contributed by atoms with van der Waals surface area (Å²) >= 11 is 0. The van der Waals surface area contributed by atoms with E-state index in [2.05, 4.69) is 20.4 Å². The van der Waals surface area contributed by atoms with Crippen LogP contribution in [0.3, 0.4) is 0 Å². The molecule has 10 heteroatoms. The standard InChI is InChI=1S/C17H17F3N4O2.HI/c18-17(19,20)26-14-8-6-13(7-9-14)24-16(21)23-11-10-22-15(25)12-4-2-1-3-5-12;/h1-9H,10-11H2,(H,22,25)(H3,21,23,24);1H. The number of hydrogen-bond donors (Lipinski definition) is 3. The molecule has 4 N–H and O–H groups in total. The lowest BCUT2D eigenvalue weighted by Gasteiger charge is -2.10. The summed E-state index contributed by atoms with van der Waals surface area (Å²) in [7, 11) is 0. The fourth-order valence-electron chi connectivity index (χ4n) is 1.96. The van der Waals surface area contributed by atoms with Crippen LogP contribution in [0.2, 0.25) is 0 Å². The zero-order chi connectivity index (χ0) is 19.0.